The first kappa shape index (κ1) is 12.3. The van der Waals surface area contributed by atoms with Gasteiger partial charge in [0.2, 0.25) is 0 Å². The number of nitrogens with zero attached hydrogens (tertiary/aromatic N) is 1. The maximum atomic E-state index is 5.88. The van der Waals surface area contributed by atoms with Gasteiger partial charge in [-0.2, -0.15) is 0 Å². The zero-order valence-corrected chi connectivity index (χ0v) is 12.1. The van der Waals surface area contributed by atoms with E-state index in [1.54, 1.807) is 0 Å². The number of aromatic nitrogens is 1. The molecule has 0 atom stereocenters. The molecule has 0 aliphatic heterocycles. The number of rotatable bonds is 2. The molecule has 0 unspecified atom stereocenters. The molecule has 16 heavy (non-hydrogen) atoms. The predicted molar refractivity (Wildman–Crippen MR) is 73.5 cm³/mol. The van der Waals surface area contributed by atoms with Crippen LogP contribution in [0.5, 0.6) is 0 Å². The van der Waals surface area contributed by atoms with E-state index in [1.807, 2.05) is 12.3 Å². The average Bonchev–Trinajstić information content (AvgIpc) is 2.25. The second kappa shape index (κ2) is 5.47. The van der Waals surface area contributed by atoms with E-state index in [9.17, 15) is 0 Å². The van der Waals surface area contributed by atoms with Crippen molar-refractivity contribution in [2.45, 2.75) is 37.8 Å². The van der Waals surface area contributed by atoms with Crippen molar-refractivity contribution in [2.24, 2.45) is 5.73 Å². The summed E-state index contributed by atoms with van der Waals surface area (Å²) in [6.07, 6.45) is 6.27. The van der Waals surface area contributed by atoms with E-state index in [1.165, 1.54) is 0 Å². The highest BCUT2D eigenvalue weighted by Crippen LogP contribution is 2.27. The molecule has 1 aromatic rings. The van der Waals surface area contributed by atoms with E-state index < -0.39 is 0 Å². The fraction of sp³-hybridized carbons (Fsp3) is 0.545. The van der Waals surface area contributed by atoms with Crippen LogP contribution in [-0.4, -0.2) is 17.1 Å². The molecule has 3 N–H and O–H groups in total. The fourth-order valence-corrected chi connectivity index (χ4v) is 3.08. The number of hydrogen-bond acceptors (Lipinski definition) is 3. The molecule has 1 aliphatic carbocycles. The summed E-state index contributed by atoms with van der Waals surface area (Å²) in [5.41, 5.74) is 5.88. The van der Waals surface area contributed by atoms with Crippen molar-refractivity contribution in [1.29, 1.82) is 0 Å². The van der Waals surface area contributed by atoms with Crippen LogP contribution in [0, 0.1) is 0 Å². The molecule has 3 nitrogen and oxygen atoms in total. The summed E-state index contributed by atoms with van der Waals surface area (Å²) in [4.78, 5) is 4.35. The number of nitrogens with one attached hydrogen (secondary N) is 1. The van der Waals surface area contributed by atoms with Crippen molar-refractivity contribution in [3.63, 3.8) is 0 Å². The molecule has 0 spiro atoms. The summed E-state index contributed by atoms with van der Waals surface area (Å²) >= 11 is 6.90. The van der Waals surface area contributed by atoms with Gasteiger partial charge in [-0.05, 0) is 63.6 Å². The van der Waals surface area contributed by atoms with Crippen LogP contribution in [0.15, 0.2) is 21.2 Å². The first-order chi connectivity index (χ1) is 7.65. The predicted octanol–water partition coefficient (Wildman–Crippen LogP) is 3.29. The second-order valence-corrected chi connectivity index (χ2v) is 6.01. The first-order valence-corrected chi connectivity index (χ1v) is 7.07. The van der Waals surface area contributed by atoms with Gasteiger partial charge in [0.25, 0.3) is 0 Å². The lowest BCUT2D eigenvalue weighted by atomic mass is 9.92. The van der Waals surface area contributed by atoms with Crippen LogP contribution in [0.1, 0.15) is 25.7 Å². The van der Waals surface area contributed by atoms with E-state index in [0.29, 0.717) is 12.1 Å². The zero-order chi connectivity index (χ0) is 11.5. The minimum absolute atomic E-state index is 0.388. The molecule has 1 aliphatic rings. The molecule has 0 amide bonds. The van der Waals surface area contributed by atoms with Gasteiger partial charge in [-0.25, -0.2) is 4.98 Å². The van der Waals surface area contributed by atoms with Gasteiger partial charge in [0.15, 0.2) is 0 Å². The van der Waals surface area contributed by atoms with Crippen LogP contribution >= 0.6 is 31.9 Å². The number of nitrogens with two attached hydrogens (primary N) is 1. The molecule has 0 aromatic carbocycles. The lowest BCUT2D eigenvalue weighted by Crippen LogP contribution is -2.33. The second-order valence-electron chi connectivity index (χ2n) is 4.24. The first-order valence-electron chi connectivity index (χ1n) is 5.48. The van der Waals surface area contributed by atoms with E-state index in [2.05, 4.69) is 42.2 Å². The maximum Gasteiger partial charge on any atom is 0.140 e. The quantitative estimate of drug-likeness (QED) is 0.862. The summed E-state index contributed by atoms with van der Waals surface area (Å²) in [7, 11) is 0. The summed E-state index contributed by atoms with van der Waals surface area (Å²) in [6, 6.07) is 2.90. The SMILES string of the molecule is NC1CCC(Nc2ncc(Br)cc2Br)CC1. The Hall–Kier alpha value is -0.130. The Labute approximate surface area is 112 Å². The van der Waals surface area contributed by atoms with E-state index in [0.717, 1.165) is 40.4 Å². The Morgan fingerprint density at radius 1 is 1.25 bits per heavy atom. The largest absolute Gasteiger partial charge is 0.366 e. The number of pyridine rings is 1. The summed E-state index contributed by atoms with van der Waals surface area (Å²) in [5.74, 6) is 0.920. The minimum atomic E-state index is 0.388. The van der Waals surface area contributed by atoms with Gasteiger partial charge < -0.3 is 11.1 Å². The van der Waals surface area contributed by atoms with E-state index >= 15 is 0 Å². The third-order valence-corrected chi connectivity index (χ3v) is 3.96. The third-order valence-electron chi connectivity index (χ3n) is 2.92. The van der Waals surface area contributed by atoms with Gasteiger partial charge >= 0.3 is 0 Å². The van der Waals surface area contributed by atoms with Crippen LogP contribution in [-0.2, 0) is 0 Å². The third kappa shape index (κ3) is 3.18. The van der Waals surface area contributed by atoms with E-state index in [-0.39, 0.29) is 0 Å². The molecule has 0 radical (unpaired) electrons. The Morgan fingerprint density at radius 2 is 1.94 bits per heavy atom. The molecule has 2 rings (SSSR count). The monoisotopic (exact) mass is 347 g/mol. The lowest BCUT2D eigenvalue weighted by molar-refractivity contribution is 0.410. The number of anilines is 1. The Balaban J connectivity index is 1.98. The van der Waals surface area contributed by atoms with Crippen molar-refractivity contribution >= 4 is 37.7 Å². The highest BCUT2D eigenvalue weighted by atomic mass is 79.9. The van der Waals surface area contributed by atoms with Crippen molar-refractivity contribution in [1.82, 2.24) is 4.98 Å². The standard InChI is InChI=1S/C11H15Br2N3/c12-7-5-10(13)11(15-6-7)16-9-3-1-8(14)2-4-9/h5-6,8-9H,1-4,14H2,(H,15,16). The van der Waals surface area contributed by atoms with Crippen molar-refractivity contribution < 1.29 is 0 Å². The average molecular weight is 349 g/mol. The smallest absolute Gasteiger partial charge is 0.140 e. The Morgan fingerprint density at radius 3 is 2.56 bits per heavy atom. The van der Waals surface area contributed by atoms with E-state index in [4.69, 9.17) is 5.73 Å². The molecule has 5 heteroatoms. The molecular formula is C11H15Br2N3. The van der Waals surface area contributed by atoms with Crippen LogP contribution in [0.2, 0.25) is 0 Å². The van der Waals surface area contributed by atoms with Crippen LogP contribution in [0.4, 0.5) is 5.82 Å². The summed E-state index contributed by atoms with van der Waals surface area (Å²) < 4.78 is 1.98. The highest BCUT2D eigenvalue weighted by molar-refractivity contribution is 9.11. The molecule has 1 fully saturated rings. The normalized spacial score (nSPS) is 25.4. The van der Waals surface area contributed by atoms with Crippen LogP contribution in [0.25, 0.3) is 0 Å². The number of hydrogen-bond donors (Lipinski definition) is 2. The van der Waals surface area contributed by atoms with Gasteiger partial charge in [0, 0.05) is 22.8 Å². The Kier molecular flexibility index (Phi) is 4.21. The summed E-state index contributed by atoms with van der Waals surface area (Å²) in [6.45, 7) is 0. The van der Waals surface area contributed by atoms with Gasteiger partial charge in [0.05, 0.1) is 4.47 Å². The molecular weight excluding hydrogens is 334 g/mol. The molecule has 88 valence electrons. The zero-order valence-electron chi connectivity index (χ0n) is 8.92. The van der Waals surface area contributed by atoms with Gasteiger partial charge in [-0.15, -0.1) is 0 Å². The van der Waals surface area contributed by atoms with Gasteiger partial charge in [0.1, 0.15) is 5.82 Å². The molecule has 0 saturated heterocycles. The number of halogens is 2. The topological polar surface area (TPSA) is 50.9 Å². The minimum Gasteiger partial charge on any atom is -0.366 e. The van der Waals surface area contributed by atoms with Crippen LogP contribution in [0.3, 0.4) is 0 Å². The molecule has 1 aromatic heterocycles. The van der Waals surface area contributed by atoms with Gasteiger partial charge in [-0.1, -0.05) is 0 Å². The van der Waals surface area contributed by atoms with Crippen molar-refractivity contribution in [3.8, 4) is 0 Å². The molecule has 1 saturated carbocycles. The lowest BCUT2D eigenvalue weighted by Gasteiger charge is -2.27. The van der Waals surface area contributed by atoms with Gasteiger partial charge in [-0.3, -0.25) is 0 Å². The van der Waals surface area contributed by atoms with Crippen LogP contribution < -0.4 is 11.1 Å². The Bertz CT molecular complexity index is 362. The molecule has 1 heterocycles. The molecule has 0 bridgehead atoms. The highest BCUT2D eigenvalue weighted by Gasteiger charge is 2.19. The summed E-state index contributed by atoms with van der Waals surface area (Å²) in [5, 5.41) is 3.46. The fourth-order valence-electron chi connectivity index (χ4n) is 1.98. The van der Waals surface area contributed by atoms with Crippen molar-refractivity contribution in [3.05, 3.63) is 21.2 Å². The van der Waals surface area contributed by atoms with Crippen molar-refractivity contribution in [2.75, 3.05) is 5.32 Å². The maximum absolute atomic E-state index is 5.88.